The number of anilines is 1. The van der Waals surface area contributed by atoms with Crippen molar-refractivity contribution in [3.63, 3.8) is 0 Å². The van der Waals surface area contributed by atoms with E-state index >= 15 is 0 Å². The Morgan fingerprint density at radius 1 is 1.00 bits per heavy atom. The number of ether oxygens (including phenoxy) is 1. The molecule has 0 aliphatic carbocycles. The summed E-state index contributed by atoms with van der Waals surface area (Å²) in [7, 11) is -3.57. The first-order chi connectivity index (χ1) is 13.4. The maximum Gasteiger partial charge on any atom is 0.240 e. The van der Waals surface area contributed by atoms with Crippen LogP contribution >= 0.6 is 0 Å². The third-order valence-corrected chi connectivity index (χ3v) is 5.17. The van der Waals surface area contributed by atoms with Crippen molar-refractivity contribution >= 4 is 16.0 Å². The van der Waals surface area contributed by atoms with Gasteiger partial charge in [-0.1, -0.05) is 17.7 Å². The number of hydrogen-bond acceptors (Lipinski definition) is 6. The highest BCUT2D eigenvalue weighted by Gasteiger charge is 2.12. The van der Waals surface area contributed by atoms with Gasteiger partial charge in [-0.25, -0.2) is 22.5 Å². The van der Waals surface area contributed by atoms with Crippen molar-refractivity contribution in [3.8, 4) is 11.6 Å². The van der Waals surface area contributed by atoms with Crippen LogP contribution in [-0.4, -0.2) is 31.5 Å². The lowest BCUT2D eigenvalue weighted by Crippen LogP contribution is -2.29. The molecule has 3 rings (SSSR count). The Morgan fingerprint density at radius 2 is 1.71 bits per heavy atom. The molecule has 0 atom stereocenters. The summed E-state index contributed by atoms with van der Waals surface area (Å²) < 4.78 is 45.4. The number of aromatic nitrogens is 2. The number of halogens is 1. The van der Waals surface area contributed by atoms with Crippen molar-refractivity contribution in [1.82, 2.24) is 14.7 Å². The third-order valence-electron chi connectivity index (χ3n) is 3.70. The molecule has 2 aromatic carbocycles. The van der Waals surface area contributed by atoms with Crippen molar-refractivity contribution < 1.29 is 17.5 Å². The molecule has 0 fully saturated rings. The van der Waals surface area contributed by atoms with Crippen LogP contribution in [0.5, 0.6) is 11.6 Å². The van der Waals surface area contributed by atoms with Crippen LogP contribution in [0.4, 0.5) is 10.3 Å². The summed E-state index contributed by atoms with van der Waals surface area (Å²) in [5, 5.41) is 2.92. The molecule has 1 aromatic heterocycles. The van der Waals surface area contributed by atoms with Crippen molar-refractivity contribution in [1.29, 1.82) is 0 Å². The summed E-state index contributed by atoms with van der Waals surface area (Å²) >= 11 is 0. The Morgan fingerprint density at radius 3 is 2.43 bits per heavy atom. The van der Waals surface area contributed by atoms with Crippen molar-refractivity contribution in [2.24, 2.45) is 0 Å². The molecule has 0 radical (unpaired) electrons. The van der Waals surface area contributed by atoms with Crippen LogP contribution in [0.25, 0.3) is 0 Å². The molecule has 0 saturated carbocycles. The van der Waals surface area contributed by atoms with E-state index in [1.165, 1.54) is 30.5 Å². The van der Waals surface area contributed by atoms with Gasteiger partial charge >= 0.3 is 0 Å². The van der Waals surface area contributed by atoms with Gasteiger partial charge in [-0.2, -0.15) is 4.98 Å². The second-order valence-electron chi connectivity index (χ2n) is 5.91. The molecule has 0 amide bonds. The highest BCUT2D eigenvalue weighted by Crippen LogP contribution is 2.19. The zero-order valence-corrected chi connectivity index (χ0v) is 15.9. The van der Waals surface area contributed by atoms with E-state index in [0.717, 1.165) is 5.56 Å². The molecule has 0 unspecified atom stereocenters. The van der Waals surface area contributed by atoms with E-state index in [1.807, 2.05) is 6.92 Å². The van der Waals surface area contributed by atoms with Crippen molar-refractivity contribution in [3.05, 3.63) is 72.2 Å². The van der Waals surface area contributed by atoms with Gasteiger partial charge in [0.15, 0.2) is 0 Å². The maximum absolute atomic E-state index is 12.9. The highest BCUT2D eigenvalue weighted by molar-refractivity contribution is 7.89. The molecule has 2 N–H and O–H groups in total. The van der Waals surface area contributed by atoms with E-state index in [4.69, 9.17) is 4.74 Å². The lowest BCUT2D eigenvalue weighted by atomic mass is 10.2. The van der Waals surface area contributed by atoms with E-state index in [0.29, 0.717) is 5.75 Å². The van der Waals surface area contributed by atoms with E-state index in [-0.39, 0.29) is 35.6 Å². The van der Waals surface area contributed by atoms with E-state index < -0.39 is 10.0 Å². The minimum atomic E-state index is -3.57. The summed E-state index contributed by atoms with van der Waals surface area (Å²) in [6, 6.07) is 13.7. The Balaban J connectivity index is 1.52. The Labute approximate surface area is 162 Å². The fourth-order valence-electron chi connectivity index (χ4n) is 2.27. The van der Waals surface area contributed by atoms with Crippen LogP contribution in [0.15, 0.2) is 65.7 Å². The highest BCUT2D eigenvalue weighted by atomic mass is 32.2. The molecular formula is C19H19FN4O3S. The average molecular weight is 402 g/mol. The molecular weight excluding hydrogens is 383 g/mol. The number of aryl methyl sites for hydroxylation is 1. The van der Waals surface area contributed by atoms with Crippen LogP contribution < -0.4 is 14.8 Å². The quantitative estimate of drug-likeness (QED) is 0.563. The standard InChI is InChI=1S/C19H19FN4O3S/c1-14-2-8-17(9-3-14)28(25,26)23-13-12-22-19-21-11-10-18(24-19)27-16-6-4-15(20)5-7-16/h2-11,23H,12-13H2,1H3,(H,21,22,24). The molecule has 1 heterocycles. The first kappa shape index (κ1) is 19.7. The Hall–Kier alpha value is -3.04. The molecule has 7 nitrogen and oxygen atoms in total. The first-order valence-electron chi connectivity index (χ1n) is 8.49. The summed E-state index contributed by atoms with van der Waals surface area (Å²) in [5.41, 5.74) is 0.987. The van der Waals surface area contributed by atoms with Crippen LogP contribution in [0.3, 0.4) is 0 Å². The van der Waals surface area contributed by atoms with E-state index in [9.17, 15) is 12.8 Å². The molecule has 0 aliphatic heterocycles. The van der Waals surface area contributed by atoms with E-state index in [1.54, 1.807) is 30.3 Å². The predicted molar refractivity (Wildman–Crippen MR) is 103 cm³/mol. The minimum Gasteiger partial charge on any atom is -0.439 e. The number of sulfonamides is 1. The summed E-state index contributed by atoms with van der Waals surface area (Å²) in [6.45, 7) is 2.33. The lowest BCUT2D eigenvalue weighted by molar-refractivity contribution is 0.460. The third kappa shape index (κ3) is 5.48. The van der Waals surface area contributed by atoms with Gasteiger partial charge in [0, 0.05) is 25.4 Å². The summed E-state index contributed by atoms with van der Waals surface area (Å²) in [4.78, 5) is 8.45. The smallest absolute Gasteiger partial charge is 0.240 e. The topological polar surface area (TPSA) is 93.2 Å². The SMILES string of the molecule is Cc1ccc(S(=O)(=O)NCCNc2nccc(Oc3ccc(F)cc3)n2)cc1. The Bertz CT molecular complexity index is 1030. The average Bonchev–Trinajstić information content (AvgIpc) is 2.68. The normalized spacial score (nSPS) is 11.2. The maximum atomic E-state index is 12.9. The Kier molecular flexibility index (Phi) is 6.17. The lowest BCUT2D eigenvalue weighted by Gasteiger charge is -2.09. The van der Waals surface area contributed by atoms with Gasteiger partial charge in [0.1, 0.15) is 11.6 Å². The predicted octanol–water partition coefficient (Wildman–Crippen LogP) is 3.11. The van der Waals surface area contributed by atoms with Crippen molar-refractivity contribution in [2.45, 2.75) is 11.8 Å². The first-order valence-corrected chi connectivity index (χ1v) is 9.97. The fraction of sp³-hybridized carbons (Fsp3) is 0.158. The van der Waals surface area contributed by atoms with Gasteiger partial charge in [-0.05, 0) is 43.3 Å². The molecule has 9 heteroatoms. The minimum absolute atomic E-state index is 0.155. The molecule has 0 bridgehead atoms. The second kappa shape index (κ2) is 8.77. The summed E-state index contributed by atoms with van der Waals surface area (Å²) in [6.07, 6.45) is 1.50. The second-order valence-corrected chi connectivity index (χ2v) is 7.68. The zero-order chi connectivity index (χ0) is 20.0. The van der Waals surface area contributed by atoms with E-state index in [2.05, 4.69) is 20.0 Å². The van der Waals surface area contributed by atoms with Crippen molar-refractivity contribution in [2.75, 3.05) is 18.4 Å². The number of nitrogens with one attached hydrogen (secondary N) is 2. The number of nitrogens with zero attached hydrogens (tertiary/aromatic N) is 2. The fourth-order valence-corrected chi connectivity index (χ4v) is 3.30. The molecule has 3 aromatic rings. The van der Waals surface area contributed by atoms with Gasteiger partial charge in [0.25, 0.3) is 0 Å². The van der Waals surface area contributed by atoms with Crippen LogP contribution in [0.2, 0.25) is 0 Å². The van der Waals surface area contributed by atoms with Crippen LogP contribution in [0.1, 0.15) is 5.56 Å². The van der Waals surface area contributed by atoms with Crippen LogP contribution in [0, 0.1) is 12.7 Å². The molecule has 0 spiro atoms. The number of rotatable bonds is 8. The van der Waals surface area contributed by atoms with Gasteiger partial charge < -0.3 is 10.1 Å². The van der Waals surface area contributed by atoms with Gasteiger partial charge in [0.05, 0.1) is 4.90 Å². The van der Waals surface area contributed by atoms with Crippen LogP contribution in [-0.2, 0) is 10.0 Å². The van der Waals surface area contributed by atoms with Gasteiger partial charge in [-0.15, -0.1) is 0 Å². The van der Waals surface area contributed by atoms with Gasteiger partial charge in [0.2, 0.25) is 21.9 Å². The number of hydrogen-bond donors (Lipinski definition) is 2. The molecule has 0 aliphatic rings. The number of benzene rings is 2. The molecule has 146 valence electrons. The zero-order valence-electron chi connectivity index (χ0n) is 15.1. The summed E-state index contributed by atoms with van der Waals surface area (Å²) in [5.74, 6) is 0.654. The largest absolute Gasteiger partial charge is 0.439 e. The molecule has 28 heavy (non-hydrogen) atoms. The van der Waals surface area contributed by atoms with Gasteiger partial charge in [-0.3, -0.25) is 0 Å². The monoisotopic (exact) mass is 402 g/mol. The molecule has 0 saturated heterocycles.